The average molecular weight is 258 g/mol. The zero-order valence-electron chi connectivity index (χ0n) is 11.1. The van der Waals surface area contributed by atoms with E-state index in [-0.39, 0.29) is 17.7 Å². The van der Waals surface area contributed by atoms with Crippen molar-refractivity contribution in [2.24, 2.45) is 5.92 Å². The van der Waals surface area contributed by atoms with Crippen LogP contribution in [0.3, 0.4) is 0 Å². The Kier molecular flexibility index (Phi) is 3.01. The zero-order valence-corrected chi connectivity index (χ0v) is 11.1. The highest BCUT2D eigenvalue weighted by Gasteiger charge is 2.33. The van der Waals surface area contributed by atoms with Crippen LogP contribution in [-0.4, -0.2) is 24.9 Å². The van der Waals surface area contributed by atoms with Crippen LogP contribution < -0.4 is 10.2 Å². The first kappa shape index (κ1) is 12.2. The molecule has 4 heteroatoms. The van der Waals surface area contributed by atoms with Gasteiger partial charge in [-0.25, -0.2) is 0 Å². The maximum Gasteiger partial charge on any atom is 0.232 e. The normalized spacial score (nSPS) is 22.1. The molecule has 0 spiro atoms. The minimum atomic E-state index is -0.195. The second-order valence-electron chi connectivity index (χ2n) is 5.43. The molecule has 2 aliphatic heterocycles. The van der Waals surface area contributed by atoms with Crippen LogP contribution in [0.25, 0.3) is 0 Å². The molecule has 3 rings (SSSR count). The molecule has 0 bridgehead atoms. The molecule has 1 aromatic carbocycles. The van der Waals surface area contributed by atoms with Crippen molar-refractivity contribution in [1.29, 1.82) is 0 Å². The Morgan fingerprint density at radius 1 is 1.42 bits per heavy atom. The number of hydrogen-bond donors (Lipinski definition) is 1. The number of anilines is 1. The fraction of sp³-hybridized carbons (Fsp3) is 0.467. The Balaban J connectivity index is 1.87. The summed E-state index contributed by atoms with van der Waals surface area (Å²) in [6.45, 7) is 3.32. The lowest BCUT2D eigenvalue weighted by atomic mass is 9.97. The van der Waals surface area contributed by atoms with E-state index >= 15 is 0 Å². The van der Waals surface area contributed by atoms with Gasteiger partial charge in [0.25, 0.3) is 0 Å². The number of carbonyl (C=O) groups is 2. The first-order valence-corrected chi connectivity index (χ1v) is 6.83. The summed E-state index contributed by atoms with van der Waals surface area (Å²) >= 11 is 0. The van der Waals surface area contributed by atoms with E-state index in [1.54, 1.807) is 0 Å². The summed E-state index contributed by atoms with van der Waals surface area (Å²) in [5, 5.41) is 2.74. The molecule has 1 unspecified atom stereocenters. The van der Waals surface area contributed by atoms with Gasteiger partial charge >= 0.3 is 0 Å². The van der Waals surface area contributed by atoms with E-state index in [1.165, 1.54) is 11.1 Å². The van der Waals surface area contributed by atoms with E-state index in [0.29, 0.717) is 13.0 Å². The standard InChI is InChI=1S/C15H18N2O2/c1-10-4-5-13-11(7-10)3-2-6-17(13)15(19)12-8-14(18)16-9-12/h4-5,7,12H,2-3,6,8-9H2,1H3,(H,16,18). The number of rotatable bonds is 1. The highest BCUT2D eigenvalue weighted by Crippen LogP contribution is 2.30. The summed E-state index contributed by atoms with van der Waals surface area (Å²) in [4.78, 5) is 25.6. The molecule has 0 aliphatic carbocycles. The Labute approximate surface area is 112 Å². The number of benzene rings is 1. The third-order valence-corrected chi connectivity index (χ3v) is 3.95. The largest absolute Gasteiger partial charge is 0.355 e. The molecule has 4 nitrogen and oxygen atoms in total. The number of aryl methyl sites for hydroxylation is 2. The number of hydrogen-bond acceptors (Lipinski definition) is 2. The van der Waals surface area contributed by atoms with Gasteiger partial charge in [-0.15, -0.1) is 0 Å². The SMILES string of the molecule is Cc1ccc2c(c1)CCCN2C(=O)C1CNC(=O)C1. The van der Waals surface area contributed by atoms with Gasteiger partial charge in [0.1, 0.15) is 0 Å². The zero-order chi connectivity index (χ0) is 13.4. The van der Waals surface area contributed by atoms with Gasteiger partial charge < -0.3 is 10.2 Å². The lowest BCUT2D eigenvalue weighted by Crippen LogP contribution is -2.40. The average Bonchev–Trinajstić information content (AvgIpc) is 2.83. The second kappa shape index (κ2) is 4.68. The van der Waals surface area contributed by atoms with Crippen LogP contribution in [0.15, 0.2) is 18.2 Å². The Morgan fingerprint density at radius 2 is 2.26 bits per heavy atom. The third-order valence-electron chi connectivity index (χ3n) is 3.95. The van der Waals surface area contributed by atoms with Crippen molar-refractivity contribution in [3.05, 3.63) is 29.3 Å². The van der Waals surface area contributed by atoms with Crippen molar-refractivity contribution >= 4 is 17.5 Å². The molecular formula is C15H18N2O2. The van der Waals surface area contributed by atoms with Crippen LogP contribution in [0.4, 0.5) is 5.69 Å². The molecule has 2 aliphatic rings. The molecule has 2 heterocycles. The molecule has 1 aromatic rings. The van der Waals surface area contributed by atoms with Crippen molar-refractivity contribution in [1.82, 2.24) is 5.32 Å². The van der Waals surface area contributed by atoms with E-state index in [0.717, 1.165) is 25.1 Å². The molecule has 1 saturated heterocycles. The Morgan fingerprint density at radius 3 is 3.00 bits per heavy atom. The van der Waals surface area contributed by atoms with E-state index in [2.05, 4.69) is 18.3 Å². The minimum absolute atomic E-state index is 0.0144. The van der Waals surface area contributed by atoms with Crippen LogP contribution in [0.5, 0.6) is 0 Å². The van der Waals surface area contributed by atoms with Gasteiger partial charge in [-0.3, -0.25) is 9.59 Å². The van der Waals surface area contributed by atoms with Crippen molar-refractivity contribution in [2.75, 3.05) is 18.0 Å². The van der Waals surface area contributed by atoms with Crippen molar-refractivity contribution in [2.45, 2.75) is 26.2 Å². The van der Waals surface area contributed by atoms with Gasteiger partial charge in [0, 0.05) is 25.2 Å². The van der Waals surface area contributed by atoms with Crippen molar-refractivity contribution in [3.8, 4) is 0 Å². The van der Waals surface area contributed by atoms with Crippen LogP contribution >= 0.6 is 0 Å². The van der Waals surface area contributed by atoms with Crippen LogP contribution in [0, 0.1) is 12.8 Å². The molecule has 0 saturated carbocycles. The van der Waals surface area contributed by atoms with E-state index < -0.39 is 0 Å². The first-order valence-electron chi connectivity index (χ1n) is 6.83. The molecule has 0 aromatic heterocycles. The molecule has 1 atom stereocenters. The summed E-state index contributed by atoms with van der Waals surface area (Å²) < 4.78 is 0. The summed E-state index contributed by atoms with van der Waals surface area (Å²) in [5.41, 5.74) is 3.50. The smallest absolute Gasteiger partial charge is 0.232 e. The fourth-order valence-electron chi connectivity index (χ4n) is 2.96. The van der Waals surface area contributed by atoms with Gasteiger partial charge in [0.2, 0.25) is 11.8 Å². The molecule has 100 valence electrons. The fourth-order valence-corrected chi connectivity index (χ4v) is 2.96. The molecule has 2 amide bonds. The quantitative estimate of drug-likeness (QED) is 0.828. The molecule has 19 heavy (non-hydrogen) atoms. The number of carbonyl (C=O) groups excluding carboxylic acids is 2. The lowest BCUT2D eigenvalue weighted by molar-refractivity contribution is -0.124. The maximum atomic E-state index is 12.5. The van der Waals surface area contributed by atoms with E-state index in [1.807, 2.05) is 17.0 Å². The Hall–Kier alpha value is -1.84. The highest BCUT2D eigenvalue weighted by atomic mass is 16.2. The first-order chi connectivity index (χ1) is 9.15. The van der Waals surface area contributed by atoms with Gasteiger partial charge in [-0.2, -0.15) is 0 Å². The van der Waals surface area contributed by atoms with Crippen LogP contribution in [-0.2, 0) is 16.0 Å². The highest BCUT2D eigenvalue weighted by molar-refractivity contribution is 5.99. The number of nitrogens with one attached hydrogen (secondary N) is 1. The van der Waals surface area contributed by atoms with Gasteiger partial charge in [0.05, 0.1) is 5.92 Å². The summed E-state index contributed by atoms with van der Waals surface area (Å²) in [6.07, 6.45) is 2.36. The third kappa shape index (κ3) is 2.23. The number of nitrogens with zero attached hydrogens (tertiary/aromatic N) is 1. The lowest BCUT2D eigenvalue weighted by Gasteiger charge is -2.31. The topological polar surface area (TPSA) is 49.4 Å². The van der Waals surface area contributed by atoms with Gasteiger partial charge in [-0.1, -0.05) is 17.7 Å². The number of amides is 2. The predicted octanol–water partition coefficient (Wildman–Crippen LogP) is 1.41. The van der Waals surface area contributed by atoms with Crippen molar-refractivity contribution < 1.29 is 9.59 Å². The van der Waals surface area contributed by atoms with Gasteiger partial charge in [0.15, 0.2) is 0 Å². The molecule has 1 N–H and O–H groups in total. The minimum Gasteiger partial charge on any atom is -0.355 e. The van der Waals surface area contributed by atoms with E-state index in [9.17, 15) is 9.59 Å². The number of fused-ring (bicyclic) bond motifs is 1. The predicted molar refractivity (Wildman–Crippen MR) is 73.0 cm³/mol. The molecule has 0 radical (unpaired) electrons. The summed E-state index contributed by atoms with van der Waals surface area (Å²) in [5.74, 6) is -0.123. The summed E-state index contributed by atoms with van der Waals surface area (Å²) in [6, 6.07) is 6.24. The summed E-state index contributed by atoms with van der Waals surface area (Å²) in [7, 11) is 0. The maximum absolute atomic E-state index is 12.5. The van der Waals surface area contributed by atoms with Crippen LogP contribution in [0.2, 0.25) is 0 Å². The van der Waals surface area contributed by atoms with E-state index in [4.69, 9.17) is 0 Å². The Bertz CT molecular complexity index is 539. The second-order valence-corrected chi connectivity index (χ2v) is 5.43. The van der Waals surface area contributed by atoms with Crippen LogP contribution in [0.1, 0.15) is 24.0 Å². The molecular weight excluding hydrogens is 240 g/mol. The monoisotopic (exact) mass is 258 g/mol. The molecule has 1 fully saturated rings. The van der Waals surface area contributed by atoms with Crippen molar-refractivity contribution in [3.63, 3.8) is 0 Å². The van der Waals surface area contributed by atoms with Gasteiger partial charge in [-0.05, 0) is 31.4 Å².